The molecule has 0 aliphatic heterocycles. The number of aliphatic hydroxyl groups excluding tert-OH is 1. The zero-order valence-electron chi connectivity index (χ0n) is 27.8. The molecule has 0 radical (unpaired) electrons. The molecule has 44 heavy (non-hydrogen) atoms. The maximum atomic E-state index is 15.2. The minimum Gasteiger partial charge on any atom is -0.510 e. The van der Waals surface area contributed by atoms with Crippen LogP contribution in [0.25, 0.3) is 0 Å². The lowest BCUT2D eigenvalue weighted by atomic mass is 9.39. The van der Waals surface area contributed by atoms with Crippen molar-refractivity contribution in [3.8, 4) is 11.5 Å². The van der Waals surface area contributed by atoms with Crippen molar-refractivity contribution >= 4 is 17.3 Å². The summed E-state index contributed by atoms with van der Waals surface area (Å²) < 4.78 is 0. The Labute approximate surface area is 263 Å². The summed E-state index contributed by atoms with van der Waals surface area (Å²) in [5.74, 6) is -3.57. The minimum absolute atomic E-state index is 0.0623. The van der Waals surface area contributed by atoms with Crippen LogP contribution in [0.2, 0.25) is 0 Å². The van der Waals surface area contributed by atoms with Crippen LogP contribution in [-0.2, 0) is 9.59 Å². The van der Waals surface area contributed by atoms with E-state index in [1.165, 1.54) is 12.1 Å². The highest BCUT2D eigenvalue weighted by molar-refractivity contribution is 6.35. The number of carbonyl (C=O) groups is 3. The zero-order chi connectivity index (χ0) is 33.4. The highest BCUT2D eigenvalue weighted by atomic mass is 16.3. The fourth-order valence-corrected chi connectivity index (χ4v) is 7.20. The van der Waals surface area contributed by atoms with E-state index < -0.39 is 50.6 Å². The first-order valence-corrected chi connectivity index (χ1v) is 15.5. The topological polar surface area (TPSA) is 112 Å². The van der Waals surface area contributed by atoms with Crippen molar-refractivity contribution in [1.29, 1.82) is 0 Å². The minimum atomic E-state index is -1.62. The molecule has 0 saturated heterocycles. The Morgan fingerprint density at radius 3 is 2.11 bits per heavy atom. The number of benzene rings is 1. The number of hydrogen-bond acceptors (Lipinski definition) is 6. The van der Waals surface area contributed by atoms with Crippen molar-refractivity contribution in [2.24, 2.45) is 28.1 Å². The number of phenolic OH excluding ortho intramolecular Hbond substituents is 2. The van der Waals surface area contributed by atoms with Gasteiger partial charge in [0.25, 0.3) is 0 Å². The summed E-state index contributed by atoms with van der Waals surface area (Å²) in [4.78, 5) is 44.3. The van der Waals surface area contributed by atoms with Crippen LogP contribution in [0.3, 0.4) is 0 Å². The summed E-state index contributed by atoms with van der Waals surface area (Å²) in [5, 5.41) is 32.3. The molecule has 4 atom stereocenters. The van der Waals surface area contributed by atoms with E-state index in [9.17, 15) is 24.9 Å². The molecule has 238 valence electrons. The van der Waals surface area contributed by atoms with Crippen molar-refractivity contribution in [2.45, 2.75) is 93.9 Å². The SMILES string of the molecule is C=C(C)CC[C@H](C[C@@]12C[C@@H](CC=C(C)C)C(C)(C)[C@@](CC=C(C)C)(C(=O)C(C(=O)c3ccc(O)c(O)c3)=C1O)C2=O)C(=C)C. The Hall–Kier alpha value is -3.67. The molecular weight excluding hydrogens is 552 g/mol. The standard InChI is InChI=1S/C38H50O6/c1-22(2)11-13-27(25(7)8)20-37-21-28(15-12-23(3)4)36(9,10)38(35(37)44,18-17-24(5)6)34(43)31(33(37)42)32(41)26-14-16-29(39)30(40)19-26/h12,14,16-17,19,27-28,39-40,42H,1,7,11,13,15,18,20-21H2,2-6,8-10H3/t27-,28-,37-,38+/m1/s1. The number of fused-ring (bicyclic) bond motifs is 2. The van der Waals surface area contributed by atoms with Gasteiger partial charge in [-0.3, -0.25) is 14.4 Å². The van der Waals surface area contributed by atoms with E-state index in [2.05, 4.69) is 19.2 Å². The summed E-state index contributed by atoms with van der Waals surface area (Å²) in [6.07, 6.45) is 6.57. The Balaban J connectivity index is 2.44. The predicted octanol–water partition coefficient (Wildman–Crippen LogP) is 8.91. The molecule has 2 bridgehead atoms. The number of hydrogen-bond donors (Lipinski definition) is 3. The fourth-order valence-electron chi connectivity index (χ4n) is 7.20. The monoisotopic (exact) mass is 602 g/mol. The van der Waals surface area contributed by atoms with Crippen molar-refractivity contribution in [3.05, 3.63) is 82.7 Å². The summed E-state index contributed by atoms with van der Waals surface area (Å²) in [6, 6.07) is 3.56. The van der Waals surface area contributed by atoms with Crippen LogP contribution in [0.5, 0.6) is 11.5 Å². The van der Waals surface area contributed by atoms with Gasteiger partial charge in [0, 0.05) is 5.56 Å². The van der Waals surface area contributed by atoms with E-state index in [1.807, 2.05) is 61.5 Å². The Kier molecular flexibility index (Phi) is 10.1. The summed E-state index contributed by atoms with van der Waals surface area (Å²) in [7, 11) is 0. The lowest BCUT2D eigenvalue weighted by molar-refractivity contribution is -0.172. The van der Waals surface area contributed by atoms with Crippen LogP contribution in [0.15, 0.2) is 77.1 Å². The molecular formula is C38H50O6. The first-order chi connectivity index (χ1) is 20.3. The molecule has 2 aliphatic rings. The molecule has 0 heterocycles. The summed E-state index contributed by atoms with van der Waals surface area (Å²) >= 11 is 0. The molecule has 2 aliphatic carbocycles. The van der Waals surface area contributed by atoms with Crippen LogP contribution in [0, 0.1) is 28.1 Å². The molecule has 0 amide bonds. The quantitative estimate of drug-likeness (QED) is 0.0724. The first-order valence-electron chi connectivity index (χ1n) is 15.5. The van der Waals surface area contributed by atoms with Gasteiger partial charge in [-0.2, -0.15) is 0 Å². The molecule has 6 heteroatoms. The van der Waals surface area contributed by atoms with Crippen molar-refractivity contribution in [2.75, 3.05) is 0 Å². The van der Waals surface area contributed by atoms with Crippen LogP contribution in [0.1, 0.15) is 104 Å². The van der Waals surface area contributed by atoms with Gasteiger partial charge in [0.1, 0.15) is 16.7 Å². The number of aliphatic hydroxyl groups is 1. The molecule has 0 aromatic heterocycles. The first kappa shape index (κ1) is 34.8. The second-order valence-corrected chi connectivity index (χ2v) is 14.3. The van der Waals surface area contributed by atoms with Crippen LogP contribution >= 0.6 is 0 Å². The zero-order valence-corrected chi connectivity index (χ0v) is 27.8. The highest BCUT2D eigenvalue weighted by Crippen LogP contribution is 2.67. The average molecular weight is 603 g/mol. The molecule has 1 saturated carbocycles. The lowest BCUT2D eigenvalue weighted by Crippen LogP contribution is -2.67. The second-order valence-electron chi connectivity index (χ2n) is 14.3. The smallest absolute Gasteiger partial charge is 0.200 e. The van der Waals surface area contributed by atoms with Crippen LogP contribution in [0.4, 0.5) is 0 Å². The summed E-state index contributed by atoms with van der Waals surface area (Å²) in [6.45, 7) is 23.9. The van der Waals surface area contributed by atoms with E-state index in [1.54, 1.807) is 0 Å². The van der Waals surface area contributed by atoms with E-state index in [4.69, 9.17) is 0 Å². The van der Waals surface area contributed by atoms with Gasteiger partial charge in [-0.25, -0.2) is 0 Å². The third-order valence-electron chi connectivity index (χ3n) is 10.1. The Morgan fingerprint density at radius 1 is 0.977 bits per heavy atom. The maximum Gasteiger partial charge on any atom is 0.200 e. The van der Waals surface area contributed by atoms with Crippen molar-refractivity contribution in [1.82, 2.24) is 0 Å². The molecule has 3 rings (SSSR count). The van der Waals surface area contributed by atoms with Crippen molar-refractivity contribution in [3.63, 3.8) is 0 Å². The third-order valence-corrected chi connectivity index (χ3v) is 10.1. The molecule has 0 spiro atoms. The van der Waals surface area contributed by atoms with Gasteiger partial charge in [-0.05, 0) is 116 Å². The lowest BCUT2D eigenvalue weighted by Gasteiger charge is -2.60. The number of aromatic hydroxyl groups is 2. The van der Waals surface area contributed by atoms with Gasteiger partial charge in [0.15, 0.2) is 28.8 Å². The maximum absolute atomic E-state index is 15.2. The number of rotatable bonds is 12. The van der Waals surface area contributed by atoms with Gasteiger partial charge >= 0.3 is 0 Å². The largest absolute Gasteiger partial charge is 0.510 e. The number of phenols is 2. The average Bonchev–Trinajstić information content (AvgIpc) is 2.91. The van der Waals surface area contributed by atoms with Gasteiger partial charge in [0.2, 0.25) is 0 Å². The Morgan fingerprint density at radius 2 is 1.59 bits per heavy atom. The number of allylic oxidation sites excluding steroid dienone is 8. The van der Waals surface area contributed by atoms with Crippen LogP contribution < -0.4 is 0 Å². The van der Waals surface area contributed by atoms with Crippen LogP contribution in [-0.4, -0.2) is 32.7 Å². The Bertz CT molecular complexity index is 1480. The molecule has 1 aromatic rings. The van der Waals surface area contributed by atoms with E-state index in [-0.39, 0.29) is 42.4 Å². The highest BCUT2D eigenvalue weighted by Gasteiger charge is 2.72. The van der Waals surface area contributed by atoms with Crippen molar-refractivity contribution < 1.29 is 29.7 Å². The van der Waals surface area contributed by atoms with Gasteiger partial charge < -0.3 is 15.3 Å². The normalized spacial score (nSPS) is 24.9. The predicted molar refractivity (Wildman–Crippen MR) is 176 cm³/mol. The van der Waals surface area contributed by atoms with Gasteiger partial charge in [-0.1, -0.05) is 54.9 Å². The fraction of sp³-hybridized carbons (Fsp3) is 0.500. The second kappa shape index (κ2) is 12.7. The van der Waals surface area contributed by atoms with Gasteiger partial charge in [-0.15, -0.1) is 6.58 Å². The van der Waals surface area contributed by atoms with Gasteiger partial charge in [0.05, 0.1) is 5.41 Å². The molecule has 0 unspecified atom stereocenters. The number of ketones is 3. The molecule has 6 nitrogen and oxygen atoms in total. The van der Waals surface area contributed by atoms with E-state index in [0.29, 0.717) is 19.3 Å². The summed E-state index contributed by atoms with van der Waals surface area (Å²) in [5.41, 5.74) is -0.564. The van der Waals surface area contributed by atoms with E-state index in [0.717, 1.165) is 28.4 Å². The van der Waals surface area contributed by atoms with E-state index >= 15 is 4.79 Å². The number of Topliss-reactive ketones (excluding diaryl/α,β-unsaturated/α-hetero) is 3. The molecule has 3 N–H and O–H groups in total. The molecule has 1 fully saturated rings. The molecule has 1 aromatic carbocycles. The third kappa shape index (κ3) is 6.00. The number of carbonyl (C=O) groups excluding carboxylic acids is 3.